The molecule has 4 amide bonds. The number of hydrogen-bond donors (Lipinski definition) is 3. The minimum Gasteiger partial charge on any atom is -0.397 e. The monoisotopic (exact) mass is 314 g/mol. The number of piperidine rings is 1. The van der Waals surface area contributed by atoms with Gasteiger partial charge in [-0.1, -0.05) is 6.07 Å². The Balaban J connectivity index is 1.72. The van der Waals surface area contributed by atoms with Crippen LogP contribution in [-0.2, 0) is 22.7 Å². The van der Waals surface area contributed by atoms with Crippen molar-refractivity contribution in [1.82, 2.24) is 15.5 Å². The van der Waals surface area contributed by atoms with Crippen LogP contribution in [0.3, 0.4) is 0 Å². The molecule has 0 spiro atoms. The summed E-state index contributed by atoms with van der Waals surface area (Å²) >= 11 is 0. The maximum atomic E-state index is 12.7. The van der Waals surface area contributed by atoms with Crippen molar-refractivity contribution in [2.45, 2.75) is 32.0 Å². The number of carbonyl (C=O) groups is 4. The molecule has 0 bridgehead atoms. The van der Waals surface area contributed by atoms with Crippen molar-refractivity contribution in [3.63, 3.8) is 0 Å². The van der Waals surface area contributed by atoms with Gasteiger partial charge in [-0.2, -0.15) is 0 Å². The Kier molecular flexibility index (Phi) is 2.72. The van der Waals surface area contributed by atoms with E-state index in [0.29, 0.717) is 29.7 Å². The molecule has 3 aliphatic rings. The number of fused-ring (bicyclic) bond motifs is 2. The molecule has 1 saturated heterocycles. The van der Waals surface area contributed by atoms with Gasteiger partial charge in [0.15, 0.2) is 0 Å². The van der Waals surface area contributed by atoms with Gasteiger partial charge in [0, 0.05) is 19.5 Å². The molecule has 1 aromatic carbocycles. The second kappa shape index (κ2) is 4.55. The highest BCUT2D eigenvalue weighted by molar-refractivity contribution is 6.13. The van der Waals surface area contributed by atoms with Crippen molar-refractivity contribution < 1.29 is 19.2 Å². The van der Waals surface area contributed by atoms with Gasteiger partial charge in [0.25, 0.3) is 11.8 Å². The molecule has 0 aromatic heterocycles. The van der Waals surface area contributed by atoms with Crippen LogP contribution in [0.4, 0.5) is 5.69 Å². The third-order valence-corrected chi connectivity index (χ3v) is 4.60. The number of carbonyl (C=O) groups excluding carboxylic acids is 4. The van der Waals surface area contributed by atoms with Gasteiger partial charge in [-0.05, 0) is 17.5 Å². The van der Waals surface area contributed by atoms with Crippen LogP contribution in [0.15, 0.2) is 6.07 Å². The lowest BCUT2D eigenvalue weighted by Gasteiger charge is -2.29. The number of nitrogen functional groups attached to an aromatic ring is 1. The Morgan fingerprint density at radius 1 is 1.13 bits per heavy atom. The highest BCUT2D eigenvalue weighted by atomic mass is 16.2. The first-order valence-corrected chi connectivity index (χ1v) is 7.34. The van der Waals surface area contributed by atoms with E-state index in [1.807, 2.05) is 0 Å². The van der Waals surface area contributed by atoms with E-state index in [9.17, 15) is 19.2 Å². The number of anilines is 1. The summed E-state index contributed by atoms with van der Waals surface area (Å²) in [5.41, 5.74) is 8.35. The number of nitrogens with zero attached hydrogens (tertiary/aromatic N) is 1. The third-order valence-electron chi connectivity index (χ3n) is 4.60. The van der Waals surface area contributed by atoms with Gasteiger partial charge >= 0.3 is 0 Å². The molecule has 3 aliphatic heterocycles. The first-order valence-electron chi connectivity index (χ1n) is 7.34. The number of benzene rings is 1. The van der Waals surface area contributed by atoms with Crippen molar-refractivity contribution in [2.75, 3.05) is 5.73 Å². The summed E-state index contributed by atoms with van der Waals surface area (Å²) in [7, 11) is 0. The van der Waals surface area contributed by atoms with E-state index >= 15 is 0 Å². The molecular weight excluding hydrogens is 300 g/mol. The van der Waals surface area contributed by atoms with Gasteiger partial charge in [0.2, 0.25) is 11.8 Å². The van der Waals surface area contributed by atoms with E-state index in [2.05, 4.69) is 10.6 Å². The average Bonchev–Trinajstić information content (AvgIpc) is 3.01. The number of hydrogen-bond acceptors (Lipinski definition) is 5. The number of imide groups is 1. The maximum Gasteiger partial charge on any atom is 0.257 e. The molecule has 1 aromatic rings. The largest absolute Gasteiger partial charge is 0.397 e. The van der Waals surface area contributed by atoms with Crippen molar-refractivity contribution in [3.05, 3.63) is 28.3 Å². The van der Waals surface area contributed by atoms with Crippen LogP contribution in [0.25, 0.3) is 0 Å². The molecule has 1 atom stereocenters. The van der Waals surface area contributed by atoms with Gasteiger partial charge in [0.1, 0.15) is 6.04 Å². The van der Waals surface area contributed by atoms with Gasteiger partial charge in [-0.3, -0.25) is 24.5 Å². The average molecular weight is 314 g/mol. The molecule has 0 radical (unpaired) electrons. The molecule has 4 N–H and O–H groups in total. The zero-order valence-electron chi connectivity index (χ0n) is 12.1. The minimum absolute atomic E-state index is 0.173. The van der Waals surface area contributed by atoms with Crippen LogP contribution >= 0.6 is 0 Å². The molecule has 23 heavy (non-hydrogen) atoms. The van der Waals surface area contributed by atoms with E-state index in [4.69, 9.17) is 5.73 Å². The van der Waals surface area contributed by atoms with Crippen LogP contribution < -0.4 is 16.4 Å². The number of nitrogens with two attached hydrogens (primary N) is 1. The number of rotatable bonds is 1. The Bertz CT molecular complexity index is 801. The first-order chi connectivity index (χ1) is 11.0. The van der Waals surface area contributed by atoms with Crippen molar-refractivity contribution >= 4 is 29.3 Å². The summed E-state index contributed by atoms with van der Waals surface area (Å²) in [6.07, 6.45) is 0.495. The first kappa shape index (κ1) is 13.7. The van der Waals surface area contributed by atoms with Gasteiger partial charge in [-0.15, -0.1) is 0 Å². The zero-order chi connectivity index (χ0) is 16.3. The fourth-order valence-corrected chi connectivity index (χ4v) is 3.50. The fraction of sp³-hybridized carbons (Fsp3) is 0.333. The summed E-state index contributed by atoms with van der Waals surface area (Å²) in [6, 6.07) is 1.11. The number of amides is 4. The Morgan fingerprint density at radius 2 is 1.91 bits per heavy atom. The lowest BCUT2D eigenvalue weighted by Crippen LogP contribution is -2.52. The summed E-state index contributed by atoms with van der Waals surface area (Å²) in [4.78, 5) is 49.2. The van der Waals surface area contributed by atoms with E-state index in [1.54, 1.807) is 6.07 Å². The predicted octanol–water partition coefficient (Wildman–Crippen LogP) is -0.727. The number of nitrogens with one attached hydrogen (secondary N) is 2. The highest BCUT2D eigenvalue weighted by Crippen LogP contribution is 2.36. The summed E-state index contributed by atoms with van der Waals surface area (Å²) in [5, 5.41) is 4.94. The molecule has 0 aliphatic carbocycles. The molecule has 1 unspecified atom stereocenters. The molecular formula is C15H14N4O4. The highest BCUT2D eigenvalue weighted by Gasteiger charge is 2.41. The van der Waals surface area contributed by atoms with Crippen LogP contribution in [0.5, 0.6) is 0 Å². The molecule has 4 rings (SSSR count). The summed E-state index contributed by atoms with van der Waals surface area (Å²) < 4.78 is 0. The van der Waals surface area contributed by atoms with Crippen LogP contribution in [-0.4, -0.2) is 34.6 Å². The van der Waals surface area contributed by atoms with E-state index < -0.39 is 11.9 Å². The Labute approximate surface area is 131 Å². The standard InChI is InChI=1S/C15H14N4O4/c16-12-10-6(4-17-14(10)22)3-7-5-19(15(23)11(7)12)8-1-2-9(20)18-13(8)21/h3,8H,1-2,4-5,16H2,(H,17,22)(H,18,20,21). The van der Waals surface area contributed by atoms with Crippen molar-refractivity contribution in [3.8, 4) is 0 Å². The predicted molar refractivity (Wildman–Crippen MR) is 78.1 cm³/mol. The summed E-state index contributed by atoms with van der Waals surface area (Å²) in [6.45, 7) is 0.643. The van der Waals surface area contributed by atoms with E-state index in [0.717, 1.165) is 5.56 Å². The normalized spacial score (nSPS) is 22.8. The molecule has 8 heteroatoms. The lowest BCUT2D eigenvalue weighted by atomic mass is 9.99. The third kappa shape index (κ3) is 1.84. The quantitative estimate of drug-likeness (QED) is 0.466. The molecule has 8 nitrogen and oxygen atoms in total. The molecule has 118 valence electrons. The molecule has 0 saturated carbocycles. The fourth-order valence-electron chi connectivity index (χ4n) is 3.50. The van der Waals surface area contributed by atoms with Crippen LogP contribution in [0.1, 0.15) is 44.7 Å². The SMILES string of the molecule is Nc1c2c(cc3c1C(=O)N(C1CCC(=O)NC1=O)C3)CNC2=O. The van der Waals surface area contributed by atoms with E-state index in [1.165, 1.54) is 4.90 Å². The van der Waals surface area contributed by atoms with Gasteiger partial charge < -0.3 is 16.0 Å². The Morgan fingerprint density at radius 3 is 2.65 bits per heavy atom. The minimum atomic E-state index is -0.685. The summed E-state index contributed by atoms with van der Waals surface area (Å²) in [5.74, 6) is -1.45. The van der Waals surface area contributed by atoms with Crippen LogP contribution in [0, 0.1) is 0 Å². The maximum absolute atomic E-state index is 12.7. The molecule has 1 fully saturated rings. The van der Waals surface area contributed by atoms with Gasteiger partial charge in [-0.25, -0.2) is 0 Å². The van der Waals surface area contributed by atoms with Crippen LogP contribution in [0.2, 0.25) is 0 Å². The van der Waals surface area contributed by atoms with Crippen molar-refractivity contribution in [1.29, 1.82) is 0 Å². The smallest absolute Gasteiger partial charge is 0.257 e. The lowest BCUT2D eigenvalue weighted by molar-refractivity contribution is -0.136. The van der Waals surface area contributed by atoms with Crippen molar-refractivity contribution in [2.24, 2.45) is 0 Å². The van der Waals surface area contributed by atoms with E-state index in [-0.39, 0.29) is 36.4 Å². The second-order valence-electron chi connectivity index (χ2n) is 5.94. The topological polar surface area (TPSA) is 122 Å². The van der Waals surface area contributed by atoms with Gasteiger partial charge in [0.05, 0.1) is 16.8 Å². The Hall–Kier alpha value is -2.90. The second-order valence-corrected chi connectivity index (χ2v) is 5.94. The molecule has 3 heterocycles. The zero-order valence-corrected chi connectivity index (χ0v) is 12.1.